The van der Waals surface area contributed by atoms with Crippen molar-refractivity contribution in [2.75, 3.05) is 7.11 Å². The van der Waals surface area contributed by atoms with Crippen LogP contribution in [0, 0.1) is 0 Å². The van der Waals surface area contributed by atoms with Gasteiger partial charge in [-0.3, -0.25) is 9.69 Å². The number of amidine groups is 1. The Bertz CT molecular complexity index is 1310. The van der Waals surface area contributed by atoms with Crippen molar-refractivity contribution in [3.8, 4) is 11.5 Å². The number of benzene rings is 3. The van der Waals surface area contributed by atoms with Gasteiger partial charge in [0, 0.05) is 0 Å². The highest BCUT2D eigenvalue weighted by molar-refractivity contribution is 9.10. The van der Waals surface area contributed by atoms with Crippen LogP contribution in [-0.4, -0.2) is 39.3 Å². The van der Waals surface area contributed by atoms with Crippen LogP contribution in [0.1, 0.15) is 21.5 Å². The summed E-state index contributed by atoms with van der Waals surface area (Å²) in [4.78, 5) is 31.2. The van der Waals surface area contributed by atoms with Gasteiger partial charge in [-0.1, -0.05) is 30.3 Å². The molecular weight excluding hydrogens is 520 g/mol. The lowest BCUT2D eigenvalue weighted by Gasteiger charge is -2.16. The third kappa shape index (κ3) is 5.16. The van der Waals surface area contributed by atoms with Gasteiger partial charge >= 0.3 is 5.97 Å². The lowest BCUT2D eigenvalue weighted by Crippen LogP contribution is -2.28. The number of thioether (sulfide) groups is 1. The second-order valence-corrected chi connectivity index (χ2v) is 9.15. The van der Waals surface area contributed by atoms with Gasteiger partial charge < -0.3 is 14.9 Å². The molecule has 0 atom stereocenters. The van der Waals surface area contributed by atoms with Gasteiger partial charge in [-0.15, -0.1) is 0 Å². The van der Waals surface area contributed by atoms with E-state index in [1.165, 1.54) is 31.0 Å². The number of hydrogen-bond donors (Lipinski definition) is 2. The number of phenolic OH excluding ortho intramolecular Hbond substituents is 1. The van der Waals surface area contributed by atoms with Crippen molar-refractivity contribution in [2.24, 2.45) is 4.99 Å². The molecule has 0 unspecified atom stereocenters. The van der Waals surface area contributed by atoms with Crippen LogP contribution in [0.25, 0.3) is 6.08 Å². The van der Waals surface area contributed by atoms with E-state index in [-0.39, 0.29) is 29.5 Å². The smallest absolute Gasteiger partial charge is 0.335 e. The lowest BCUT2D eigenvalue weighted by atomic mass is 10.1. The minimum atomic E-state index is -1.01. The number of ether oxygens (including phenoxy) is 1. The molecule has 0 bridgehead atoms. The van der Waals surface area contributed by atoms with E-state index in [4.69, 9.17) is 9.84 Å². The standard InChI is InChI=1S/C25H19BrN2O5S/c1-33-20-12-16(11-19(26)22(20)29)13-21-23(30)28(14-15-7-9-17(10-8-15)24(31)32)25(34-21)27-18-5-3-2-4-6-18/h2-13,29H,14H2,1H3,(H,31,32)/b21-13-,27-25?. The van der Waals surface area contributed by atoms with Crippen molar-refractivity contribution >= 4 is 56.5 Å². The van der Waals surface area contributed by atoms with Crippen molar-refractivity contribution in [2.45, 2.75) is 6.54 Å². The number of hydrogen-bond acceptors (Lipinski definition) is 6. The molecule has 4 rings (SSSR count). The minimum Gasteiger partial charge on any atom is -0.503 e. The van der Waals surface area contributed by atoms with Crippen molar-refractivity contribution in [3.05, 3.63) is 92.8 Å². The van der Waals surface area contributed by atoms with Gasteiger partial charge in [0.25, 0.3) is 5.91 Å². The van der Waals surface area contributed by atoms with Crippen LogP contribution in [0.2, 0.25) is 0 Å². The van der Waals surface area contributed by atoms with E-state index in [0.29, 0.717) is 25.8 Å². The van der Waals surface area contributed by atoms with Crippen LogP contribution in [0.4, 0.5) is 5.69 Å². The van der Waals surface area contributed by atoms with Crippen molar-refractivity contribution in [3.63, 3.8) is 0 Å². The molecule has 1 aliphatic heterocycles. The number of halogens is 1. The molecular formula is C25H19BrN2O5S. The molecule has 7 nitrogen and oxygen atoms in total. The summed E-state index contributed by atoms with van der Waals surface area (Å²) in [7, 11) is 1.45. The first-order valence-corrected chi connectivity index (χ1v) is 11.7. The van der Waals surface area contributed by atoms with E-state index >= 15 is 0 Å². The number of methoxy groups -OCH3 is 1. The number of phenols is 1. The Labute approximate surface area is 208 Å². The maximum atomic E-state index is 13.4. The van der Waals surface area contributed by atoms with E-state index < -0.39 is 5.97 Å². The normalized spacial score (nSPS) is 15.8. The van der Waals surface area contributed by atoms with Gasteiger partial charge in [-0.25, -0.2) is 9.79 Å². The molecule has 9 heteroatoms. The number of rotatable bonds is 6. The summed E-state index contributed by atoms with van der Waals surface area (Å²) in [6.07, 6.45) is 1.72. The predicted octanol–water partition coefficient (Wildman–Crippen LogP) is 5.67. The molecule has 1 heterocycles. The molecule has 1 amide bonds. The van der Waals surface area contributed by atoms with Crippen molar-refractivity contribution in [1.29, 1.82) is 0 Å². The molecule has 2 N–H and O–H groups in total. The number of aromatic carboxylic acids is 1. The summed E-state index contributed by atoms with van der Waals surface area (Å²) < 4.78 is 5.65. The summed E-state index contributed by atoms with van der Waals surface area (Å²) in [6, 6.07) is 19.0. The Morgan fingerprint density at radius 2 is 1.85 bits per heavy atom. The molecule has 1 fully saturated rings. The largest absolute Gasteiger partial charge is 0.503 e. The van der Waals surface area contributed by atoms with E-state index in [1.54, 1.807) is 35.2 Å². The number of aromatic hydroxyl groups is 1. The van der Waals surface area contributed by atoms with Gasteiger partial charge in [0.1, 0.15) is 0 Å². The molecule has 0 spiro atoms. The fraction of sp³-hybridized carbons (Fsp3) is 0.0800. The average Bonchev–Trinajstić information content (AvgIpc) is 3.11. The third-order valence-electron chi connectivity index (χ3n) is 4.98. The number of carbonyl (C=O) groups is 2. The Balaban J connectivity index is 1.70. The molecule has 34 heavy (non-hydrogen) atoms. The minimum absolute atomic E-state index is 0.0205. The van der Waals surface area contributed by atoms with E-state index in [2.05, 4.69) is 20.9 Å². The Morgan fingerprint density at radius 3 is 2.50 bits per heavy atom. The molecule has 3 aromatic rings. The fourth-order valence-corrected chi connectivity index (χ4v) is 4.72. The quantitative estimate of drug-likeness (QED) is 0.392. The maximum absolute atomic E-state index is 13.4. The maximum Gasteiger partial charge on any atom is 0.335 e. The SMILES string of the molecule is COc1cc(/C=C2\SC(=Nc3ccccc3)N(Cc3ccc(C(=O)O)cc3)C2=O)cc(Br)c1O. The summed E-state index contributed by atoms with van der Waals surface area (Å²) in [6.45, 7) is 0.233. The number of aliphatic imine (C=N–C) groups is 1. The summed E-state index contributed by atoms with van der Waals surface area (Å²) >= 11 is 4.55. The zero-order valence-electron chi connectivity index (χ0n) is 17.9. The third-order valence-corrected chi connectivity index (χ3v) is 6.59. The zero-order valence-corrected chi connectivity index (χ0v) is 20.3. The van der Waals surface area contributed by atoms with Gasteiger partial charge in [0.15, 0.2) is 16.7 Å². The van der Waals surface area contributed by atoms with Gasteiger partial charge in [0.2, 0.25) is 0 Å². The average molecular weight is 539 g/mol. The number of para-hydroxylation sites is 1. The fourth-order valence-electron chi connectivity index (χ4n) is 3.26. The number of amides is 1. The van der Waals surface area contributed by atoms with E-state index in [0.717, 1.165) is 5.56 Å². The first-order valence-electron chi connectivity index (χ1n) is 10.1. The molecule has 1 saturated heterocycles. The highest BCUT2D eigenvalue weighted by Gasteiger charge is 2.33. The van der Waals surface area contributed by atoms with Crippen LogP contribution in [-0.2, 0) is 11.3 Å². The van der Waals surface area contributed by atoms with Crippen LogP contribution in [0.5, 0.6) is 11.5 Å². The second kappa shape index (κ2) is 10.1. The monoisotopic (exact) mass is 538 g/mol. The summed E-state index contributed by atoms with van der Waals surface area (Å²) in [5.74, 6) is -0.977. The van der Waals surface area contributed by atoms with Gasteiger partial charge in [-0.05, 0) is 81.3 Å². The molecule has 1 aliphatic rings. The zero-order chi connectivity index (χ0) is 24.2. The second-order valence-electron chi connectivity index (χ2n) is 7.29. The highest BCUT2D eigenvalue weighted by Crippen LogP contribution is 2.39. The Morgan fingerprint density at radius 1 is 1.15 bits per heavy atom. The van der Waals surface area contributed by atoms with E-state index in [1.807, 2.05) is 30.3 Å². The molecule has 0 aliphatic carbocycles. The Hall–Kier alpha value is -3.56. The number of carbonyl (C=O) groups excluding carboxylic acids is 1. The highest BCUT2D eigenvalue weighted by atomic mass is 79.9. The molecule has 0 aromatic heterocycles. The van der Waals surface area contributed by atoms with E-state index in [9.17, 15) is 14.7 Å². The van der Waals surface area contributed by atoms with Crippen molar-refractivity contribution in [1.82, 2.24) is 4.90 Å². The molecule has 0 saturated carbocycles. The van der Waals surface area contributed by atoms with Crippen LogP contribution < -0.4 is 4.74 Å². The molecule has 172 valence electrons. The number of nitrogens with zero attached hydrogens (tertiary/aromatic N) is 2. The van der Waals surface area contributed by atoms with Crippen molar-refractivity contribution < 1.29 is 24.5 Å². The molecule has 0 radical (unpaired) electrons. The Kier molecular flexibility index (Phi) is 7.04. The van der Waals surface area contributed by atoms with Crippen LogP contribution >= 0.6 is 27.7 Å². The molecule has 3 aromatic carbocycles. The number of carboxylic acid groups (broad SMARTS) is 1. The van der Waals surface area contributed by atoms with Gasteiger partial charge in [0.05, 0.1) is 34.3 Å². The summed E-state index contributed by atoms with van der Waals surface area (Å²) in [5, 5.41) is 19.7. The van der Waals surface area contributed by atoms with Gasteiger partial charge in [-0.2, -0.15) is 0 Å². The topological polar surface area (TPSA) is 99.4 Å². The van der Waals surface area contributed by atoms with Crippen LogP contribution in [0.3, 0.4) is 0 Å². The predicted molar refractivity (Wildman–Crippen MR) is 135 cm³/mol. The first-order chi connectivity index (χ1) is 16.4. The van der Waals surface area contributed by atoms with Crippen LogP contribution in [0.15, 0.2) is 81.1 Å². The number of carboxylic acids is 1. The lowest BCUT2D eigenvalue weighted by molar-refractivity contribution is -0.122. The first kappa shape index (κ1) is 23.6. The summed E-state index contributed by atoms with van der Waals surface area (Å²) in [5.41, 5.74) is 2.33.